The lowest BCUT2D eigenvalue weighted by molar-refractivity contribution is 0.0728. The molecule has 0 spiro atoms. The molecule has 1 aromatic heterocycles. The van der Waals surface area contributed by atoms with Crippen molar-refractivity contribution in [1.29, 1.82) is 0 Å². The second-order valence-electron chi connectivity index (χ2n) is 8.50. The SMILES string of the molecule is COc1cc(C(=O)N(CCC2CCCN2C)Cc2nc3ccccc3s2)cc(CO)c1CO. The third-order valence-electron chi connectivity index (χ3n) is 6.45. The van der Waals surface area contributed by atoms with Gasteiger partial charge in [-0.25, -0.2) is 4.98 Å². The molecule has 2 aromatic carbocycles. The van der Waals surface area contributed by atoms with Crippen LogP contribution in [0.15, 0.2) is 36.4 Å². The lowest BCUT2D eigenvalue weighted by atomic mass is 10.0. The first-order chi connectivity index (χ1) is 16.0. The van der Waals surface area contributed by atoms with Crippen LogP contribution in [0, 0.1) is 0 Å². The molecule has 0 aliphatic carbocycles. The standard InChI is InChI=1S/C25H31N3O4S/c1-27-10-5-6-19(27)9-11-28(14-24-26-21-7-3-4-8-23(21)33-24)25(31)17-12-18(15-29)20(16-30)22(13-17)32-2/h3-4,7-8,12-13,19,29-30H,5-6,9-11,14-16H2,1-2H3. The minimum absolute atomic E-state index is 0.132. The van der Waals surface area contributed by atoms with E-state index in [1.165, 1.54) is 13.5 Å². The molecule has 8 heteroatoms. The maximum absolute atomic E-state index is 13.7. The van der Waals surface area contributed by atoms with E-state index in [9.17, 15) is 15.0 Å². The van der Waals surface area contributed by atoms with Gasteiger partial charge in [0.2, 0.25) is 0 Å². The molecular formula is C25H31N3O4S. The Morgan fingerprint density at radius 3 is 2.76 bits per heavy atom. The van der Waals surface area contributed by atoms with Crippen LogP contribution in [-0.2, 0) is 19.8 Å². The Morgan fingerprint density at radius 1 is 1.27 bits per heavy atom. The minimum Gasteiger partial charge on any atom is -0.496 e. The molecule has 33 heavy (non-hydrogen) atoms. The van der Waals surface area contributed by atoms with Gasteiger partial charge in [-0.2, -0.15) is 0 Å². The largest absolute Gasteiger partial charge is 0.496 e. The van der Waals surface area contributed by atoms with Crippen LogP contribution < -0.4 is 4.74 Å². The first-order valence-corrected chi connectivity index (χ1v) is 12.1. The second kappa shape index (κ2) is 10.6. The van der Waals surface area contributed by atoms with Gasteiger partial charge in [-0.05, 0) is 62.7 Å². The number of hydrogen-bond donors (Lipinski definition) is 2. The van der Waals surface area contributed by atoms with Crippen molar-refractivity contribution in [3.63, 3.8) is 0 Å². The van der Waals surface area contributed by atoms with E-state index in [-0.39, 0.29) is 19.1 Å². The topological polar surface area (TPSA) is 86.1 Å². The Hall–Kier alpha value is -2.52. The van der Waals surface area contributed by atoms with Crippen molar-refractivity contribution in [3.8, 4) is 5.75 Å². The van der Waals surface area contributed by atoms with E-state index < -0.39 is 0 Å². The van der Waals surface area contributed by atoms with Gasteiger partial charge >= 0.3 is 0 Å². The Bertz CT molecular complexity index is 1060. The Labute approximate surface area is 198 Å². The first kappa shape index (κ1) is 23.6. The van der Waals surface area contributed by atoms with Crippen molar-refractivity contribution < 1.29 is 19.7 Å². The van der Waals surface area contributed by atoms with Crippen molar-refractivity contribution in [2.45, 2.75) is 45.1 Å². The third-order valence-corrected chi connectivity index (χ3v) is 7.47. The molecule has 1 aliphatic heterocycles. The Kier molecular flexibility index (Phi) is 7.60. The number of aromatic nitrogens is 1. The average molecular weight is 470 g/mol. The third kappa shape index (κ3) is 5.19. The van der Waals surface area contributed by atoms with Crippen LogP contribution in [0.4, 0.5) is 0 Å². The van der Waals surface area contributed by atoms with Crippen LogP contribution in [0.1, 0.15) is 45.8 Å². The quantitative estimate of drug-likeness (QED) is 0.500. The number of thiazole rings is 1. The molecule has 1 amide bonds. The van der Waals surface area contributed by atoms with Gasteiger partial charge in [-0.1, -0.05) is 12.1 Å². The van der Waals surface area contributed by atoms with E-state index in [1.54, 1.807) is 23.5 Å². The van der Waals surface area contributed by atoms with Crippen LogP contribution in [-0.4, -0.2) is 64.2 Å². The van der Waals surface area contributed by atoms with Gasteiger partial charge in [0, 0.05) is 23.7 Å². The normalized spacial score (nSPS) is 16.4. The van der Waals surface area contributed by atoms with Gasteiger partial charge < -0.3 is 24.7 Å². The number of carbonyl (C=O) groups excluding carboxylic acids is 1. The molecule has 2 heterocycles. The second-order valence-corrected chi connectivity index (χ2v) is 9.61. The fraction of sp³-hybridized carbons (Fsp3) is 0.440. The predicted molar refractivity (Wildman–Crippen MR) is 129 cm³/mol. The Morgan fingerprint density at radius 2 is 2.09 bits per heavy atom. The van der Waals surface area contributed by atoms with Crippen LogP contribution >= 0.6 is 11.3 Å². The van der Waals surface area contributed by atoms with Gasteiger partial charge in [0.05, 0.1) is 37.1 Å². The molecule has 1 aliphatic rings. The highest BCUT2D eigenvalue weighted by Gasteiger charge is 2.25. The van der Waals surface area contributed by atoms with Gasteiger partial charge in [-0.3, -0.25) is 4.79 Å². The number of para-hydroxylation sites is 1. The van der Waals surface area contributed by atoms with E-state index in [2.05, 4.69) is 11.9 Å². The number of benzene rings is 2. The molecule has 0 radical (unpaired) electrons. The van der Waals surface area contributed by atoms with E-state index in [0.717, 1.165) is 34.6 Å². The summed E-state index contributed by atoms with van der Waals surface area (Å²) >= 11 is 1.61. The summed E-state index contributed by atoms with van der Waals surface area (Å²) < 4.78 is 6.51. The summed E-state index contributed by atoms with van der Waals surface area (Å²) in [7, 11) is 3.64. The molecule has 2 N–H and O–H groups in total. The lowest BCUT2D eigenvalue weighted by Gasteiger charge is -2.26. The number of methoxy groups -OCH3 is 1. The summed E-state index contributed by atoms with van der Waals surface area (Å²) in [6.07, 6.45) is 3.23. The van der Waals surface area contributed by atoms with E-state index in [0.29, 0.717) is 41.6 Å². The molecule has 1 saturated heterocycles. The summed E-state index contributed by atoms with van der Waals surface area (Å²) in [6.45, 7) is 1.58. The highest BCUT2D eigenvalue weighted by molar-refractivity contribution is 7.18. The minimum atomic E-state index is -0.280. The number of rotatable bonds is 9. The smallest absolute Gasteiger partial charge is 0.254 e. The summed E-state index contributed by atoms with van der Waals surface area (Å²) in [5, 5.41) is 20.4. The first-order valence-electron chi connectivity index (χ1n) is 11.3. The zero-order valence-corrected chi connectivity index (χ0v) is 20.0. The maximum Gasteiger partial charge on any atom is 0.254 e. The number of aliphatic hydroxyl groups is 2. The highest BCUT2D eigenvalue weighted by Crippen LogP contribution is 2.28. The fourth-order valence-electron chi connectivity index (χ4n) is 4.56. The number of likely N-dealkylation sites (tertiary alicyclic amines) is 1. The summed E-state index contributed by atoms with van der Waals surface area (Å²) in [6, 6.07) is 11.8. The van der Waals surface area contributed by atoms with Crippen LogP contribution in [0.2, 0.25) is 0 Å². The molecule has 4 rings (SSSR count). The summed E-state index contributed by atoms with van der Waals surface area (Å²) in [4.78, 5) is 22.6. The van der Waals surface area contributed by atoms with E-state index >= 15 is 0 Å². The van der Waals surface area contributed by atoms with Gasteiger partial charge in [0.25, 0.3) is 5.91 Å². The van der Waals surface area contributed by atoms with Crippen LogP contribution in [0.25, 0.3) is 10.2 Å². The van der Waals surface area contributed by atoms with Crippen molar-refractivity contribution in [3.05, 3.63) is 58.1 Å². The Balaban J connectivity index is 1.63. The monoisotopic (exact) mass is 469 g/mol. The number of ether oxygens (including phenoxy) is 1. The van der Waals surface area contributed by atoms with Gasteiger partial charge in [0.1, 0.15) is 10.8 Å². The van der Waals surface area contributed by atoms with Crippen molar-refractivity contribution in [2.75, 3.05) is 27.2 Å². The van der Waals surface area contributed by atoms with Gasteiger partial charge in [-0.15, -0.1) is 11.3 Å². The van der Waals surface area contributed by atoms with Crippen molar-refractivity contribution in [2.24, 2.45) is 0 Å². The van der Waals surface area contributed by atoms with Crippen LogP contribution in [0.5, 0.6) is 5.75 Å². The predicted octanol–water partition coefficient (Wildman–Crippen LogP) is 3.42. The number of hydrogen-bond acceptors (Lipinski definition) is 7. The highest BCUT2D eigenvalue weighted by atomic mass is 32.1. The van der Waals surface area contributed by atoms with Crippen molar-refractivity contribution >= 4 is 27.5 Å². The van der Waals surface area contributed by atoms with E-state index in [4.69, 9.17) is 9.72 Å². The fourth-order valence-corrected chi connectivity index (χ4v) is 5.55. The summed E-state index contributed by atoms with van der Waals surface area (Å²) in [5.74, 6) is 0.273. The molecule has 7 nitrogen and oxygen atoms in total. The molecule has 1 fully saturated rings. The molecule has 0 bridgehead atoms. The number of fused-ring (bicyclic) bond motifs is 1. The van der Waals surface area contributed by atoms with Gasteiger partial charge in [0.15, 0.2) is 0 Å². The summed E-state index contributed by atoms with van der Waals surface area (Å²) in [5.41, 5.74) is 2.38. The number of amides is 1. The zero-order valence-electron chi connectivity index (χ0n) is 19.2. The molecule has 3 aromatic rings. The van der Waals surface area contributed by atoms with Crippen molar-refractivity contribution in [1.82, 2.24) is 14.8 Å². The molecule has 1 unspecified atom stereocenters. The average Bonchev–Trinajstić information content (AvgIpc) is 3.45. The molecule has 0 saturated carbocycles. The lowest BCUT2D eigenvalue weighted by Crippen LogP contribution is -2.35. The number of carbonyl (C=O) groups is 1. The van der Waals surface area contributed by atoms with E-state index in [1.807, 2.05) is 29.2 Å². The zero-order chi connectivity index (χ0) is 23.4. The van der Waals surface area contributed by atoms with Crippen LogP contribution in [0.3, 0.4) is 0 Å². The number of aliphatic hydroxyl groups excluding tert-OH is 2. The molecular weight excluding hydrogens is 438 g/mol. The maximum atomic E-state index is 13.7. The molecule has 1 atom stereocenters. The number of nitrogens with zero attached hydrogens (tertiary/aromatic N) is 3. The molecule has 176 valence electrons.